The van der Waals surface area contributed by atoms with Gasteiger partial charge in [-0.3, -0.25) is 4.79 Å². The van der Waals surface area contributed by atoms with Gasteiger partial charge in [-0.2, -0.15) is 0 Å². The summed E-state index contributed by atoms with van der Waals surface area (Å²) in [5, 5.41) is 1.09. The van der Waals surface area contributed by atoms with Crippen LogP contribution in [0, 0.1) is 5.92 Å². The Labute approximate surface area is 152 Å². The van der Waals surface area contributed by atoms with Gasteiger partial charge in [0.2, 0.25) is 0 Å². The van der Waals surface area contributed by atoms with E-state index in [-0.39, 0.29) is 23.6 Å². The van der Waals surface area contributed by atoms with Crippen molar-refractivity contribution in [2.75, 3.05) is 40.5 Å². The number of H-pyrrole nitrogens is 1. The second-order valence-electron chi connectivity index (χ2n) is 7.89. The van der Waals surface area contributed by atoms with E-state index in [0.29, 0.717) is 13.2 Å². The molecule has 3 fully saturated rings. The number of epoxide rings is 1. The first kappa shape index (κ1) is 16.3. The lowest BCUT2D eigenvalue weighted by molar-refractivity contribution is -0.156. The fraction of sp³-hybridized carbons (Fsp3) is 0.550. The molecule has 0 unspecified atom stereocenters. The van der Waals surface area contributed by atoms with Crippen LogP contribution in [0.4, 0.5) is 0 Å². The van der Waals surface area contributed by atoms with Gasteiger partial charge in [0.15, 0.2) is 0 Å². The van der Waals surface area contributed by atoms with Crippen molar-refractivity contribution in [1.29, 1.82) is 0 Å². The predicted octanol–water partition coefficient (Wildman–Crippen LogP) is 1.70. The lowest BCUT2D eigenvalue weighted by Gasteiger charge is -2.44. The van der Waals surface area contributed by atoms with E-state index < -0.39 is 5.41 Å². The Morgan fingerprint density at radius 1 is 1.38 bits per heavy atom. The summed E-state index contributed by atoms with van der Waals surface area (Å²) in [6.45, 7) is 2.61. The van der Waals surface area contributed by atoms with Crippen molar-refractivity contribution in [2.45, 2.75) is 23.5 Å². The van der Waals surface area contributed by atoms with Crippen LogP contribution in [0.25, 0.3) is 10.9 Å². The third kappa shape index (κ3) is 2.06. The SMILES string of the molecule is COC(=O)[C@@]1(c2cc3ccccc3[nH]2)COC[C@H]2O[C@@]23CN(C)CC[C@@H]31. The highest BCUT2D eigenvalue weighted by Crippen LogP contribution is 2.57. The number of likely N-dealkylation sites (tertiary alicyclic amines) is 1. The van der Waals surface area contributed by atoms with Gasteiger partial charge in [0.25, 0.3) is 0 Å². The number of aromatic nitrogens is 1. The maximum absolute atomic E-state index is 13.2. The van der Waals surface area contributed by atoms with Crippen LogP contribution in [-0.2, 0) is 24.4 Å². The van der Waals surface area contributed by atoms with Crippen LogP contribution in [-0.4, -0.2) is 68.0 Å². The molecule has 0 aliphatic carbocycles. The molecule has 1 aromatic heterocycles. The van der Waals surface area contributed by atoms with E-state index in [1.54, 1.807) is 0 Å². The molecule has 1 N–H and O–H groups in total. The van der Waals surface area contributed by atoms with E-state index in [0.717, 1.165) is 36.1 Å². The molecule has 6 nitrogen and oxygen atoms in total. The Morgan fingerprint density at radius 2 is 2.23 bits per heavy atom. The number of rotatable bonds is 2. The van der Waals surface area contributed by atoms with Gasteiger partial charge in [0.1, 0.15) is 17.1 Å². The van der Waals surface area contributed by atoms with Crippen LogP contribution < -0.4 is 0 Å². The quantitative estimate of drug-likeness (QED) is 0.655. The summed E-state index contributed by atoms with van der Waals surface area (Å²) in [5.74, 6) is -0.214. The summed E-state index contributed by atoms with van der Waals surface area (Å²) in [5.41, 5.74) is 0.691. The Hall–Kier alpha value is -1.89. The third-order valence-corrected chi connectivity index (χ3v) is 6.51. The summed E-state index contributed by atoms with van der Waals surface area (Å²) in [6.07, 6.45) is 0.937. The van der Waals surface area contributed by atoms with Crippen molar-refractivity contribution >= 4 is 16.9 Å². The number of nitrogens with one attached hydrogen (secondary N) is 1. The molecule has 3 aliphatic heterocycles. The number of ether oxygens (including phenoxy) is 3. The number of aromatic amines is 1. The number of para-hydroxylation sites is 1. The van der Waals surface area contributed by atoms with E-state index >= 15 is 0 Å². The lowest BCUT2D eigenvalue weighted by atomic mass is 9.64. The third-order valence-electron chi connectivity index (χ3n) is 6.51. The first-order valence-electron chi connectivity index (χ1n) is 9.21. The normalized spacial score (nSPS) is 36.8. The number of likely N-dealkylation sites (N-methyl/N-ethyl adjacent to an activating group) is 1. The maximum atomic E-state index is 13.2. The van der Waals surface area contributed by atoms with E-state index in [1.807, 2.05) is 18.2 Å². The summed E-state index contributed by atoms with van der Waals surface area (Å²) < 4.78 is 17.5. The summed E-state index contributed by atoms with van der Waals surface area (Å²) in [6, 6.07) is 10.2. The summed E-state index contributed by atoms with van der Waals surface area (Å²) in [4.78, 5) is 19.0. The highest BCUT2D eigenvalue weighted by atomic mass is 16.6. The zero-order chi connectivity index (χ0) is 17.9. The zero-order valence-electron chi connectivity index (χ0n) is 15.2. The molecule has 0 bridgehead atoms. The Bertz CT molecular complexity index is 831. The van der Waals surface area contributed by atoms with Crippen molar-refractivity contribution in [1.82, 2.24) is 9.88 Å². The van der Waals surface area contributed by atoms with E-state index in [2.05, 4.69) is 29.1 Å². The largest absolute Gasteiger partial charge is 0.468 e. The molecule has 1 spiro atoms. The van der Waals surface area contributed by atoms with Gasteiger partial charge in [-0.05, 0) is 37.5 Å². The standard InChI is InChI=1S/C20H24N2O4/c1-22-8-7-15-19(18(23)24-2,12-25-10-17-20(15,11-22)26-17)16-9-13-5-3-4-6-14(13)21-16/h3-6,9,15,17,21H,7-8,10-12H2,1-2H3/t15-,17-,19+,20-/m1/s1. The highest BCUT2D eigenvalue weighted by molar-refractivity contribution is 5.88. The van der Waals surface area contributed by atoms with Gasteiger partial charge in [0, 0.05) is 23.7 Å². The van der Waals surface area contributed by atoms with Gasteiger partial charge in [-0.1, -0.05) is 18.2 Å². The zero-order valence-corrected chi connectivity index (χ0v) is 15.2. The van der Waals surface area contributed by atoms with Crippen LogP contribution in [0.3, 0.4) is 0 Å². The number of carbonyl (C=O) groups excluding carboxylic acids is 1. The minimum atomic E-state index is -0.875. The molecular formula is C20H24N2O4. The van der Waals surface area contributed by atoms with Gasteiger partial charge >= 0.3 is 5.97 Å². The van der Waals surface area contributed by atoms with E-state index in [1.165, 1.54) is 7.11 Å². The molecule has 0 amide bonds. The maximum Gasteiger partial charge on any atom is 0.320 e. The molecule has 0 saturated carbocycles. The first-order valence-corrected chi connectivity index (χ1v) is 9.21. The lowest BCUT2D eigenvalue weighted by Crippen LogP contribution is -2.58. The van der Waals surface area contributed by atoms with Crippen molar-refractivity contribution in [3.63, 3.8) is 0 Å². The molecule has 3 saturated heterocycles. The second-order valence-corrected chi connectivity index (χ2v) is 7.89. The molecule has 0 radical (unpaired) electrons. The number of nitrogens with zero attached hydrogens (tertiary/aromatic N) is 1. The van der Waals surface area contributed by atoms with Gasteiger partial charge < -0.3 is 24.1 Å². The van der Waals surface area contributed by atoms with Crippen molar-refractivity contribution in [2.24, 2.45) is 5.92 Å². The molecule has 4 atom stereocenters. The van der Waals surface area contributed by atoms with Crippen molar-refractivity contribution < 1.29 is 19.0 Å². The van der Waals surface area contributed by atoms with Crippen LogP contribution >= 0.6 is 0 Å². The number of benzene rings is 1. The second kappa shape index (κ2) is 5.55. The van der Waals surface area contributed by atoms with Gasteiger partial charge in [0.05, 0.1) is 20.3 Å². The average molecular weight is 356 g/mol. The van der Waals surface area contributed by atoms with Crippen LogP contribution in [0.5, 0.6) is 0 Å². The predicted molar refractivity (Wildman–Crippen MR) is 96.0 cm³/mol. The Kier molecular flexibility index (Phi) is 3.48. The minimum Gasteiger partial charge on any atom is -0.468 e. The highest BCUT2D eigenvalue weighted by Gasteiger charge is 2.72. The summed E-state index contributed by atoms with van der Waals surface area (Å²) in [7, 11) is 3.57. The Balaban J connectivity index is 1.70. The van der Waals surface area contributed by atoms with Crippen molar-refractivity contribution in [3.05, 3.63) is 36.0 Å². The molecule has 4 heterocycles. The molecule has 1 aromatic carbocycles. The topological polar surface area (TPSA) is 67.1 Å². The molecule has 5 rings (SSSR count). The number of esters is 1. The molecule has 6 heteroatoms. The molecule has 26 heavy (non-hydrogen) atoms. The van der Waals surface area contributed by atoms with Crippen LogP contribution in [0.2, 0.25) is 0 Å². The molecule has 2 aromatic rings. The number of piperidine rings is 1. The van der Waals surface area contributed by atoms with Crippen LogP contribution in [0.1, 0.15) is 12.1 Å². The van der Waals surface area contributed by atoms with Crippen LogP contribution in [0.15, 0.2) is 30.3 Å². The molecular weight excluding hydrogens is 332 g/mol. The fourth-order valence-corrected chi connectivity index (χ4v) is 5.22. The van der Waals surface area contributed by atoms with Crippen molar-refractivity contribution in [3.8, 4) is 0 Å². The fourth-order valence-electron chi connectivity index (χ4n) is 5.22. The van der Waals surface area contributed by atoms with E-state index in [9.17, 15) is 4.79 Å². The van der Waals surface area contributed by atoms with Gasteiger partial charge in [-0.15, -0.1) is 0 Å². The minimum absolute atomic E-state index is 0.0270. The molecule has 138 valence electrons. The first-order chi connectivity index (χ1) is 12.6. The smallest absolute Gasteiger partial charge is 0.320 e. The van der Waals surface area contributed by atoms with Gasteiger partial charge in [-0.25, -0.2) is 0 Å². The molecule has 3 aliphatic rings. The number of hydrogen-bond acceptors (Lipinski definition) is 5. The Morgan fingerprint density at radius 3 is 3.04 bits per heavy atom. The van der Waals surface area contributed by atoms with E-state index in [4.69, 9.17) is 14.2 Å². The monoisotopic (exact) mass is 356 g/mol. The number of carbonyl (C=O) groups is 1. The number of methoxy groups -OCH3 is 1. The average Bonchev–Trinajstić information content (AvgIpc) is 3.14. The number of hydrogen-bond donors (Lipinski definition) is 1. The summed E-state index contributed by atoms with van der Waals surface area (Å²) >= 11 is 0. The number of fused-ring (bicyclic) bond motifs is 1.